The molecule has 0 bridgehead atoms. The van der Waals surface area contributed by atoms with Gasteiger partial charge >= 0.3 is 0 Å². The molecule has 0 radical (unpaired) electrons. The largest absolute Gasteiger partial charge is 0.491 e. The minimum atomic E-state index is -0.261. The molecular weight excluding hydrogens is 345 g/mol. The fraction of sp³-hybridized carbons (Fsp3) is 0.409. The summed E-state index contributed by atoms with van der Waals surface area (Å²) in [7, 11) is 0. The third-order valence-corrected chi connectivity index (χ3v) is 5.42. The van der Waals surface area contributed by atoms with Gasteiger partial charge in [-0.15, -0.1) is 0 Å². The number of halogens is 1. The van der Waals surface area contributed by atoms with E-state index >= 15 is 0 Å². The van der Waals surface area contributed by atoms with Crippen LogP contribution in [0.2, 0.25) is 0 Å². The van der Waals surface area contributed by atoms with E-state index < -0.39 is 0 Å². The highest BCUT2D eigenvalue weighted by Gasteiger charge is 2.31. The van der Waals surface area contributed by atoms with Gasteiger partial charge in [0.1, 0.15) is 18.2 Å². The Morgan fingerprint density at radius 1 is 1.11 bits per heavy atom. The van der Waals surface area contributed by atoms with E-state index in [4.69, 9.17) is 9.47 Å². The van der Waals surface area contributed by atoms with Crippen LogP contribution in [-0.2, 0) is 16.1 Å². The van der Waals surface area contributed by atoms with Gasteiger partial charge in [-0.1, -0.05) is 18.2 Å². The van der Waals surface area contributed by atoms with Gasteiger partial charge < -0.3 is 14.4 Å². The SMILES string of the molecule is C[C@H]1COc2ccc(-c3cccc(F)c3)cc2CN1C(=O)C1CCOCC1. The summed E-state index contributed by atoms with van der Waals surface area (Å²) in [5, 5.41) is 0. The lowest BCUT2D eigenvalue weighted by Crippen LogP contribution is -2.44. The van der Waals surface area contributed by atoms with Crippen molar-refractivity contribution < 1.29 is 18.7 Å². The minimum Gasteiger partial charge on any atom is -0.491 e. The Kier molecular flexibility index (Phi) is 5.12. The van der Waals surface area contributed by atoms with Crippen LogP contribution < -0.4 is 4.74 Å². The van der Waals surface area contributed by atoms with Crippen molar-refractivity contribution in [3.63, 3.8) is 0 Å². The Hall–Kier alpha value is -2.40. The van der Waals surface area contributed by atoms with Crippen molar-refractivity contribution in [3.8, 4) is 16.9 Å². The molecule has 2 aromatic carbocycles. The molecule has 1 amide bonds. The summed E-state index contributed by atoms with van der Waals surface area (Å²) in [5.74, 6) is 0.737. The molecule has 2 aliphatic rings. The van der Waals surface area contributed by atoms with Gasteiger partial charge in [0.2, 0.25) is 5.91 Å². The molecule has 142 valence electrons. The van der Waals surface area contributed by atoms with E-state index in [-0.39, 0.29) is 23.7 Å². The summed E-state index contributed by atoms with van der Waals surface area (Å²) >= 11 is 0. The lowest BCUT2D eigenvalue weighted by molar-refractivity contribution is -0.141. The second kappa shape index (κ2) is 7.69. The predicted molar refractivity (Wildman–Crippen MR) is 101 cm³/mol. The van der Waals surface area contributed by atoms with Crippen LogP contribution in [0.4, 0.5) is 4.39 Å². The maximum absolute atomic E-state index is 13.6. The molecule has 0 aliphatic carbocycles. The fourth-order valence-corrected chi connectivity index (χ4v) is 3.81. The zero-order valence-electron chi connectivity index (χ0n) is 15.5. The van der Waals surface area contributed by atoms with Gasteiger partial charge in [-0.25, -0.2) is 4.39 Å². The maximum atomic E-state index is 13.6. The van der Waals surface area contributed by atoms with Crippen molar-refractivity contribution in [1.29, 1.82) is 0 Å². The van der Waals surface area contributed by atoms with Gasteiger partial charge in [0.05, 0.1) is 6.04 Å². The molecule has 0 unspecified atom stereocenters. The highest BCUT2D eigenvalue weighted by atomic mass is 19.1. The van der Waals surface area contributed by atoms with Crippen LogP contribution >= 0.6 is 0 Å². The van der Waals surface area contributed by atoms with Crippen LogP contribution in [0.25, 0.3) is 11.1 Å². The van der Waals surface area contributed by atoms with E-state index in [1.54, 1.807) is 6.07 Å². The standard InChI is InChI=1S/C22H24FNO3/c1-15-14-27-21-6-5-18(17-3-2-4-20(23)12-17)11-19(21)13-24(15)22(25)16-7-9-26-10-8-16/h2-6,11-12,15-16H,7-10,13-14H2,1H3/t15-/m0/s1. The van der Waals surface area contributed by atoms with E-state index in [0.717, 1.165) is 35.3 Å². The zero-order chi connectivity index (χ0) is 18.8. The second-order valence-corrected chi connectivity index (χ2v) is 7.35. The molecule has 0 N–H and O–H groups in total. The Bertz CT molecular complexity index is 832. The van der Waals surface area contributed by atoms with Gasteiger partial charge in [-0.05, 0) is 55.2 Å². The molecule has 2 aromatic rings. The number of hydrogen-bond donors (Lipinski definition) is 0. The molecule has 0 aromatic heterocycles. The van der Waals surface area contributed by atoms with Crippen LogP contribution in [0, 0.1) is 11.7 Å². The molecule has 4 rings (SSSR count). The topological polar surface area (TPSA) is 38.8 Å². The molecule has 1 atom stereocenters. The number of carbonyl (C=O) groups excluding carboxylic acids is 1. The Morgan fingerprint density at radius 3 is 2.67 bits per heavy atom. The number of ether oxygens (including phenoxy) is 2. The van der Waals surface area contributed by atoms with Gasteiger partial charge in [0.25, 0.3) is 0 Å². The molecule has 5 heteroatoms. The predicted octanol–water partition coefficient (Wildman–Crippen LogP) is 4.03. The fourth-order valence-electron chi connectivity index (χ4n) is 3.81. The number of carbonyl (C=O) groups is 1. The first-order valence-electron chi connectivity index (χ1n) is 9.52. The maximum Gasteiger partial charge on any atom is 0.226 e. The lowest BCUT2D eigenvalue weighted by Gasteiger charge is -2.32. The van der Waals surface area contributed by atoms with E-state index in [2.05, 4.69) is 0 Å². The minimum absolute atomic E-state index is 0.00497. The molecule has 0 spiro atoms. The van der Waals surface area contributed by atoms with E-state index in [9.17, 15) is 9.18 Å². The number of benzene rings is 2. The molecule has 2 aliphatic heterocycles. The molecule has 4 nitrogen and oxygen atoms in total. The number of rotatable bonds is 2. The first-order chi connectivity index (χ1) is 13.1. The highest BCUT2D eigenvalue weighted by Crippen LogP contribution is 2.32. The number of hydrogen-bond acceptors (Lipinski definition) is 3. The van der Waals surface area contributed by atoms with E-state index in [0.29, 0.717) is 26.4 Å². The van der Waals surface area contributed by atoms with Crippen LogP contribution in [0.15, 0.2) is 42.5 Å². The molecule has 27 heavy (non-hydrogen) atoms. The van der Waals surface area contributed by atoms with Gasteiger partial charge in [-0.3, -0.25) is 4.79 Å². The van der Waals surface area contributed by atoms with Crippen molar-refractivity contribution in [1.82, 2.24) is 4.90 Å². The van der Waals surface area contributed by atoms with Gasteiger partial charge in [0, 0.05) is 31.2 Å². The van der Waals surface area contributed by atoms with Crippen molar-refractivity contribution in [2.45, 2.75) is 32.4 Å². The number of amides is 1. The summed E-state index contributed by atoms with van der Waals surface area (Å²) in [4.78, 5) is 15.0. The summed E-state index contributed by atoms with van der Waals surface area (Å²) in [6, 6.07) is 12.4. The van der Waals surface area contributed by atoms with Crippen LogP contribution in [0.1, 0.15) is 25.3 Å². The molecule has 0 saturated carbocycles. The van der Waals surface area contributed by atoms with E-state index in [1.165, 1.54) is 12.1 Å². The Labute approximate surface area is 158 Å². The monoisotopic (exact) mass is 369 g/mol. The zero-order valence-corrected chi connectivity index (χ0v) is 15.5. The molecular formula is C22H24FNO3. The molecule has 1 fully saturated rings. The smallest absolute Gasteiger partial charge is 0.226 e. The normalized spacial score (nSPS) is 20.5. The first-order valence-corrected chi connectivity index (χ1v) is 9.52. The third kappa shape index (κ3) is 3.83. The average molecular weight is 369 g/mol. The summed E-state index contributed by atoms with van der Waals surface area (Å²) in [6.45, 7) is 4.30. The van der Waals surface area contributed by atoms with Crippen molar-refractivity contribution in [2.75, 3.05) is 19.8 Å². The Balaban J connectivity index is 1.62. The molecule has 1 saturated heterocycles. The number of nitrogens with zero attached hydrogens (tertiary/aromatic N) is 1. The quantitative estimate of drug-likeness (QED) is 0.802. The summed E-state index contributed by atoms with van der Waals surface area (Å²) in [6.07, 6.45) is 1.55. The average Bonchev–Trinajstić information content (AvgIpc) is 2.86. The van der Waals surface area contributed by atoms with Crippen molar-refractivity contribution in [2.24, 2.45) is 5.92 Å². The first kappa shape index (κ1) is 18.0. The second-order valence-electron chi connectivity index (χ2n) is 7.35. The summed E-state index contributed by atoms with van der Waals surface area (Å²) < 4.78 is 24.9. The van der Waals surface area contributed by atoms with Crippen molar-refractivity contribution in [3.05, 3.63) is 53.8 Å². The van der Waals surface area contributed by atoms with Crippen molar-refractivity contribution >= 4 is 5.91 Å². The summed E-state index contributed by atoms with van der Waals surface area (Å²) in [5.41, 5.74) is 2.70. The van der Waals surface area contributed by atoms with Crippen LogP contribution in [0.3, 0.4) is 0 Å². The third-order valence-electron chi connectivity index (χ3n) is 5.42. The van der Waals surface area contributed by atoms with Gasteiger partial charge in [0.15, 0.2) is 0 Å². The van der Waals surface area contributed by atoms with Crippen LogP contribution in [0.5, 0.6) is 5.75 Å². The molecule has 2 heterocycles. The van der Waals surface area contributed by atoms with Crippen LogP contribution in [-0.4, -0.2) is 36.7 Å². The lowest BCUT2D eigenvalue weighted by atomic mass is 9.97. The van der Waals surface area contributed by atoms with E-state index in [1.807, 2.05) is 36.1 Å². The Morgan fingerprint density at radius 2 is 1.89 bits per heavy atom. The highest BCUT2D eigenvalue weighted by molar-refractivity contribution is 5.79. The van der Waals surface area contributed by atoms with Gasteiger partial charge in [-0.2, -0.15) is 0 Å². The number of fused-ring (bicyclic) bond motifs is 1.